The molecule has 0 saturated heterocycles. The van der Waals surface area contributed by atoms with Crippen molar-refractivity contribution in [3.8, 4) is 17.0 Å². The van der Waals surface area contributed by atoms with Crippen LogP contribution >= 0.6 is 0 Å². The number of para-hydroxylation sites is 1. The lowest BCUT2D eigenvalue weighted by molar-refractivity contribution is 0.0946. The summed E-state index contributed by atoms with van der Waals surface area (Å²) in [6.07, 6.45) is 2.49. The van der Waals surface area contributed by atoms with Crippen LogP contribution in [0.25, 0.3) is 11.3 Å². The van der Waals surface area contributed by atoms with E-state index in [-0.39, 0.29) is 29.4 Å². The molecule has 1 aliphatic carbocycles. The fourth-order valence-electron chi connectivity index (χ4n) is 4.36. The molecule has 1 aliphatic rings. The van der Waals surface area contributed by atoms with Gasteiger partial charge < -0.3 is 26.6 Å². The predicted octanol–water partition coefficient (Wildman–Crippen LogP) is 2.65. The topological polar surface area (TPSA) is 145 Å². The van der Waals surface area contributed by atoms with Gasteiger partial charge in [-0.2, -0.15) is 5.10 Å². The Kier molecular flexibility index (Phi) is 6.83. The van der Waals surface area contributed by atoms with Crippen LogP contribution in [0.15, 0.2) is 48.5 Å². The van der Waals surface area contributed by atoms with Gasteiger partial charge in [-0.25, -0.2) is 4.68 Å². The predicted molar refractivity (Wildman–Crippen MR) is 128 cm³/mol. The second kappa shape index (κ2) is 9.96. The number of benzene rings is 2. The molecule has 1 heterocycles. The molecule has 34 heavy (non-hydrogen) atoms. The molecule has 1 aromatic heterocycles. The number of nitrogens with zero attached hydrogens (tertiary/aromatic N) is 2. The first-order valence-electron chi connectivity index (χ1n) is 11.3. The summed E-state index contributed by atoms with van der Waals surface area (Å²) in [5.41, 5.74) is 14.6. The maximum absolute atomic E-state index is 12.5. The average Bonchev–Trinajstić information content (AvgIpc) is 3.20. The molecule has 2 aromatic carbocycles. The number of aliphatic hydroxyl groups excluding tert-OH is 1. The van der Waals surface area contributed by atoms with E-state index in [9.17, 15) is 14.7 Å². The molecule has 3 aromatic rings. The van der Waals surface area contributed by atoms with Crippen molar-refractivity contribution in [2.75, 3.05) is 12.8 Å². The number of methoxy groups -OCH3 is 1. The first-order chi connectivity index (χ1) is 16.4. The molecule has 0 unspecified atom stereocenters. The minimum absolute atomic E-state index is 0.0136. The van der Waals surface area contributed by atoms with E-state index in [1.54, 1.807) is 28.9 Å². The van der Waals surface area contributed by atoms with Gasteiger partial charge in [0.1, 0.15) is 22.8 Å². The molecular formula is C25H29N5O4. The second-order valence-corrected chi connectivity index (χ2v) is 8.46. The van der Waals surface area contributed by atoms with Crippen LogP contribution in [-0.2, 0) is 6.54 Å². The van der Waals surface area contributed by atoms with Crippen LogP contribution in [0.4, 0.5) is 5.82 Å². The number of amides is 2. The zero-order valence-corrected chi connectivity index (χ0v) is 19.0. The Bertz CT molecular complexity index is 1180. The third-order valence-electron chi connectivity index (χ3n) is 6.24. The number of ether oxygens (including phenoxy) is 1. The Hall–Kier alpha value is -3.85. The molecule has 2 amide bonds. The lowest BCUT2D eigenvalue weighted by atomic mass is 9.93. The summed E-state index contributed by atoms with van der Waals surface area (Å²) in [5, 5.41) is 17.3. The number of hydrogen-bond donors (Lipinski definition) is 4. The van der Waals surface area contributed by atoms with Crippen molar-refractivity contribution in [1.29, 1.82) is 0 Å². The highest BCUT2D eigenvalue weighted by Gasteiger charge is 2.28. The van der Waals surface area contributed by atoms with E-state index >= 15 is 0 Å². The number of anilines is 1. The first kappa shape index (κ1) is 23.3. The van der Waals surface area contributed by atoms with Gasteiger partial charge in [0.2, 0.25) is 0 Å². The van der Waals surface area contributed by atoms with Gasteiger partial charge >= 0.3 is 0 Å². The SMILES string of the molecule is COc1ccccc1C(=O)NCc1ccc(-c2nn(C3CCC(O)CC3)c(N)c2C(N)=O)cc1. The van der Waals surface area contributed by atoms with Crippen molar-refractivity contribution in [2.24, 2.45) is 5.73 Å². The smallest absolute Gasteiger partial charge is 0.255 e. The van der Waals surface area contributed by atoms with Gasteiger partial charge in [-0.3, -0.25) is 9.59 Å². The van der Waals surface area contributed by atoms with Crippen molar-refractivity contribution < 1.29 is 19.4 Å². The number of hydrogen-bond acceptors (Lipinski definition) is 6. The van der Waals surface area contributed by atoms with Gasteiger partial charge in [0.15, 0.2) is 0 Å². The van der Waals surface area contributed by atoms with Crippen LogP contribution in [-0.4, -0.2) is 39.9 Å². The Morgan fingerprint density at radius 1 is 1.12 bits per heavy atom. The molecule has 9 nitrogen and oxygen atoms in total. The third-order valence-corrected chi connectivity index (χ3v) is 6.24. The van der Waals surface area contributed by atoms with E-state index in [1.165, 1.54) is 7.11 Å². The highest BCUT2D eigenvalue weighted by molar-refractivity contribution is 6.03. The number of carbonyl (C=O) groups is 2. The standard InChI is InChI=1S/C25H29N5O4/c1-34-20-5-3-2-4-19(20)25(33)28-14-15-6-8-16(9-7-15)22-21(24(27)32)23(26)30(29-22)17-10-12-18(31)13-11-17/h2-9,17-18,31H,10-14,26H2,1H3,(H2,27,32)(H,28,33). The van der Waals surface area contributed by atoms with E-state index in [0.29, 0.717) is 42.0 Å². The molecule has 6 N–H and O–H groups in total. The Balaban J connectivity index is 1.51. The summed E-state index contributed by atoms with van der Waals surface area (Å²) < 4.78 is 6.91. The van der Waals surface area contributed by atoms with E-state index in [0.717, 1.165) is 18.4 Å². The van der Waals surface area contributed by atoms with Gasteiger partial charge in [-0.1, -0.05) is 36.4 Å². The number of nitrogens with one attached hydrogen (secondary N) is 1. The van der Waals surface area contributed by atoms with E-state index in [2.05, 4.69) is 10.4 Å². The molecule has 0 aliphatic heterocycles. The summed E-state index contributed by atoms with van der Waals surface area (Å²) >= 11 is 0. The molecule has 9 heteroatoms. The van der Waals surface area contributed by atoms with Crippen LogP contribution in [0.1, 0.15) is 58.0 Å². The van der Waals surface area contributed by atoms with Gasteiger partial charge in [-0.15, -0.1) is 0 Å². The summed E-state index contributed by atoms with van der Waals surface area (Å²) in [7, 11) is 1.52. The number of primary amides is 1. The highest BCUT2D eigenvalue weighted by Crippen LogP contribution is 2.34. The van der Waals surface area contributed by atoms with Gasteiger partial charge in [0.25, 0.3) is 11.8 Å². The van der Waals surface area contributed by atoms with Crippen molar-refractivity contribution in [2.45, 2.75) is 44.4 Å². The summed E-state index contributed by atoms with van der Waals surface area (Å²) in [6.45, 7) is 0.320. The molecular weight excluding hydrogens is 434 g/mol. The zero-order valence-electron chi connectivity index (χ0n) is 19.0. The molecule has 0 atom stereocenters. The number of carbonyl (C=O) groups excluding carboxylic acids is 2. The van der Waals surface area contributed by atoms with Gasteiger partial charge in [0, 0.05) is 12.1 Å². The summed E-state index contributed by atoms with van der Waals surface area (Å²) in [6, 6.07) is 14.4. The largest absolute Gasteiger partial charge is 0.496 e. The zero-order chi connectivity index (χ0) is 24.2. The molecule has 0 spiro atoms. The van der Waals surface area contributed by atoms with E-state index < -0.39 is 5.91 Å². The second-order valence-electron chi connectivity index (χ2n) is 8.46. The maximum Gasteiger partial charge on any atom is 0.255 e. The fourth-order valence-corrected chi connectivity index (χ4v) is 4.36. The Morgan fingerprint density at radius 3 is 2.44 bits per heavy atom. The van der Waals surface area contributed by atoms with Crippen molar-refractivity contribution >= 4 is 17.6 Å². The van der Waals surface area contributed by atoms with Crippen LogP contribution in [0.5, 0.6) is 5.75 Å². The number of aliphatic hydroxyl groups is 1. The molecule has 1 saturated carbocycles. The van der Waals surface area contributed by atoms with Crippen LogP contribution in [0.2, 0.25) is 0 Å². The quantitative estimate of drug-likeness (QED) is 0.424. The fraction of sp³-hybridized carbons (Fsp3) is 0.320. The first-order valence-corrected chi connectivity index (χ1v) is 11.3. The van der Waals surface area contributed by atoms with Crippen LogP contribution in [0, 0.1) is 0 Å². The van der Waals surface area contributed by atoms with Crippen molar-refractivity contribution in [3.05, 3.63) is 65.2 Å². The highest BCUT2D eigenvalue weighted by atomic mass is 16.5. The van der Waals surface area contributed by atoms with Gasteiger partial charge in [0.05, 0.1) is 24.8 Å². The number of nitrogen functional groups attached to an aromatic ring is 1. The lowest BCUT2D eigenvalue weighted by Crippen LogP contribution is -2.23. The third kappa shape index (κ3) is 4.74. The number of aromatic nitrogens is 2. The number of nitrogens with two attached hydrogens (primary N) is 2. The Labute approximate surface area is 197 Å². The monoisotopic (exact) mass is 463 g/mol. The van der Waals surface area contributed by atoms with Crippen molar-refractivity contribution in [1.82, 2.24) is 15.1 Å². The number of rotatable bonds is 7. The van der Waals surface area contributed by atoms with Crippen LogP contribution < -0.4 is 21.5 Å². The normalized spacial score (nSPS) is 17.8. The summed E-state index contributed by atoms with van der Waals surface area (Å²) in [4.78, 5) is 24.7. The summed E-state index contributed by atoms with van der Waals surface area (Å²) in [5.74, 6) is -0.114. The molecule has 4 rings (SSSR count). The minimum atomic E-state index is -0.636. The lowest BCUT2D eigenvalue weighted by Gasteiger charge is -2.26. The van der Waals surface area contributed by atoms with E-state index in [4.69, 9.17) is 16.2 Å². The van der Waals surface area contributed by atoms with E-state index in [1.807, 2.05) is 24.3 Å². The van der Waals surface area contributed by atoms with Gasteiger partial charge in [-0.05, 0) is 43.4 Å². The molecule has 178 valence electrons. The molecule has 0 bridgehead atoms. The molecule has 1 fully saturated rings. The van der Waals surface area contributed by atoms with Crippen molar-refractivity contribution in [3.63, 3.8) is 0 Å². The van der Waals surface area contributed by atoms with Crippen LogP contribution in [0.3, 0.4) is 0 Å². The maximum atomic E-state index is 12.5. The minimum Gasteiger partial charge on any atom is -0.496 e. The average molecular weight is 464 g/mol. The Morgan fingerprint density at radius 2 is 1.79 bits per heavy atom. The molecule has 0 radical (unpaired) electrons.